The summed E-state index contributed by atoms with van der Waals surface area (Å²) in [6.45, 7) is 2.53. The van der Waals surface area contributed by atoms with Crippen LogP contribution in [-0.2, 0) is 13.3 Å². The van der Waals surface area contributed by atoms with E-state index in [0.29, 0.717) is 25.5 Å². The van der Waals surface area contributed by atoms with Gasteiger partial charge < -0.3 is 13.3 Å². The van der Waals surface area contributed by atoms with Crippen LogP contribution in [-0.4, -0.2) is 35.8 Å². The molecule has 110 valence electrons. The largest absolute Gasteiger partial charge is 0.500 e. The zero-order chi connectivity index (χ0) is 14.1. The first-order valence-corrected chi connectivity index (χ1v) is 8.13. The third-order valence-corrected chi connectivity index (χ3v) is 5.45. The topological polar surface area (TPSA) is 27.7 Å². The number of hydrogen-bond acceptors (Lipinski definition) is 3. The third-order valence-electron chi connectivity index (χ3n) is 2.59. The van der Waals surface area contributed by atoms with Gasteiger partial charge in [0, 0.05) is 33.3 Å². The Hall–Kier alpha value is -0.113. The van der Waals surface area contributed by atoms with Gasteiger partial charge in [0.2, 0.25) is 0 Å². The minimum absolute atomic E-state index is 0.148. The molecule has 0 rings (SSSR count). The summed E-state index contributed by atoms with van der Waals surface area (Å²) < 4.78 is 52.1. The van der Waals surface area contributed by atoms with Crippen LogP contribution in [0.15, 0.2) is 0 Å². The molecule has 0 aromatic heterocycles. The molecule has 0 N–H and O–H groups in total. The Morgan fingerprint density at radius 2 is 1.61 bits per heavy atom. The highest BCUT2D eigenvalue weighted by Gasteiger charge is 2.38. The van der Waals surface area contributed by atoms with Crippen molar-refractivity contribution in [2.24, 2.45) is 0 Å². The van der Waals surface area contributed by atoms with Crippen LogP contribution in [0.25, 0.3) is 0 Å². The lowest BCUT2D eigenvalue weighted by molar-refractivity contribution is -0.135. The average molecular weight is 288 g/mol. The summed E-state index contributed by atoms with van der Waals surface area (Å²) in [7, 11) is 0.416. The van der Waals surface area contributed by atoms with Crippen LogP contribution in [0.3, 0.4) is 0 Å². The SMILES string of the molecule is CCCO[Si](CCCCCC(F)(F)F)(OC)OC. The van der Waals surface area contributed by atoms with Crippen molar-refractivity contribution in [3.63, 3.8) is 0 Å². The highest BCUT2D eigenvalue weighted by atomic mass is 28.4. The summed E-state index contributed by atoms with van der Waals surface area (Å²) in [5.74, 6) is 0. The van der Waals surface area contributed by atoms with Crippen molar-refractivity contribution < 1.29 is 26.4 Å². The Labute approximate surface area is 108 Å². The molecule has 0 aliphatic heterocycles. The smallest absolute Gasteiger partial charge is 0.377 e. The number of halogens is 3. The van der Waals surface area contributed by atoms with Crippen LogP contribution in [0.2, 0.25) is 6.04 Å². The quantitative estimate of drug-likeness (QED) is 0.452. The van der Waals surface area contributed by atoms with Gasteiger partial charge in [0.05, 0.1) is 0 Å². The second-order valence-electron chi connectivity index (χ2n) is 4.12. The Bertz CT molecular complexity index is 208. The summed E-state index contributed by atoms with van der Waals surface area (Å²) in [5.41, 5.74) is 0. The minimum Gasteiger partial charge on any atom is -0.377 e. The van der Waals surface area contributed by atoms with E-state index < -0.39 is 21.4 Å². The van der Waals surface area contributed by atoms with E-state index in [9.17, 15) is 13.2 Å². The van der Waals surface area contributed by atoms with Gasteiger partial charge in [-0.15, -0.1) is 0 Å². The number of unbranched alkanes of at least 4 members (excludes halogenated alkanes) is 2. The molecule has 3 nitrogen and oxygen atoms in total. The van der Waals surface area contributed by atoms with Gasteiger partial charge in [0.15, 0.2) is 0 Å². The zero-order valence-corrected chi connectivity index (χ0v) is 12.3. The van der Waals surface area contributed by atoms with Gasteiger partial charge >= 0.3 is 15.0 Å². The maximum Gasteiger partial charge on any atom is 0.500 e. The molecule has 0 spiro atoms. The Morgan fingerprint density at radius 1 is 1.00 bits per heavy atom. The first-order chi connectivity index (χ1) is 8.39. The fourth-order valence-electron chi connectivity index (χ4n) is 1.58. The van der Waals surface area contributed by atoms with E-state index in [1.54, 1.807) is 0 Å². The molecular weight excluding hydrogens is 265 g/mol. The maximum absolute atomic E-state index is 12.0. The highest BCUT2D eigenvalue weighted by molar-refractivity contribution is 6.60. The van der Waals surface area contributed by atoms with Gasteiger partial charge in [-0.1, -0.05) is 13.3 Å². The molecule has 0 aromatic rings. The van der Waals surface area contributed by atoms with Crippen LogP contribution in [0, 0.1) is 0 Å². The van der Waals surface area contributed by atoms with Crippen molar-refractivity contribution in [1.29, 1.82) is 0 Å². The number of rotatable bonds is 10. The molecule has 0 fully saturated rings. The lowest BCUT2D eigenvalue weighted by Gasteiger charge is -2.26. The van der Waals surface area contributed by atoms with E-state index in [1.165, 1.54) is 14.2 Å². The van der Waals surface area contributed by atoms with E-state index in [-0.39, 0.29) is 6.42 Å². The normalized spacial score (nSPS) is 13.0. The summed E-state index contributed by atoms with van der Waals surface area (Å²) in [6, 6.07) is 0.567. The molecule has 0 unspecified atom stereocenters. The predicted octanol–water partition coefficient (Wildman–Crippen LogP) is 3.77. The van der Waals surface area contributed by atoms with Gasteiger partial charge in [0.25, 0.3) is 0 Å². The van der Waals surface area contributed by atoms with Crippen molar-refractivity contribution in [3.8, 4) is 0 Å². The van der Waals surface area contributed by atoms with E-state index in [1.807, 2.05) is 6.92 Å². The summed E-state index contributed by atoms with van der Waals surface area (Å²) in [6.07, 6.45) is -2.64. The van der Waals surface area contributed by atoms with Gasteiger partial charge in [-0.05, 0) is 19.3 Å². The molecular formula is C11H23F3O3Si. The second kappa shape index (κ2) is 8.90. The molecule has 0 bridgehead atoms. The van der Waals surface area contributed by atoms with E-state index >= 15 is 0 Å². The van der Waals surface area contributed by atoms with Crippen LogP contribution >= 0.6 is 0 Å². The van der Waals surface area contributed by atoms with Gasteiger partial charge in [-0.2, -0.15) is 13.2 Å². The van der Waals surface area contributed by atoms with Crippen molar-refractivity contribution in [1.82, 2.24) is 0 Å². The van der Waals surface area contributed by atoms with Crippen LogP contribution in [0.1, 0.15) is 39.0 Å². The van der Waals surface area contributed by atoms with Gasteiger partial charge in [-0.3, -0.25) is 0 Å². The lowest BCUT2D eigenvalue weighted by atomic mass is 10.2. The fraction of sp³-hybridized carbons (Fsp3) is 1.00. The summed E-state index contributed by atoms with van der Waals surface area (Å²) in [4.78, 5) is 0. The fourth-order valence-corrected chi connectivity index (χ4v) is 3.73. The average Bonchev–Trinajstić information content (AvgIpc) is 2.32. The van der Waals surface area contributed by atoms with Crippen molar-refractivity contribution in [2.75, 3.05) is 20.8 Å². The third kappa shape index (κ3) is 8.07. The molecule has 0 amide bonds. The molecule has 0 atom stereocenters. The highest BCUT2D eigenvalue weighted by Crippen LogP contribution is 2.24. The predicted molar refractivity (Wildman–Crippen MR) is 65.3 cm³/mol. The first-order valence-electron chi connectivity index (χ1n) is 6.20. The molecule has 0 aliphatic rings. The maximum atomic E-state index is 12.0. The van der Waals surface area contributed by atoms with Gasteiger partial charge in [0.1, 0.15) is 0 Å². The van der Waals surface area contributed by atoms with E-state index in [4.69, 9.17) is 13.3 Å². The Balaban J connectivity index is 3.90. The summed E-state index contributed by atoms with van der Waals surface area (Å²) in [5, 5.41) is 0. The monoisotopic (exact) mass is 288 g/mol. The Kier molecular flexibility index (Phi) is 8.84. The summed E-state index contributed by atoms with van der Waals surface area (Å²) >= 11 is 0. The van der Waals surface area contributed by atoms with Crippen LogP contribution < -0.4 is 0 Å². The Morgan fingerprint density at radius 3 is 2.06 bits per heavy atom. The lowest BCUT2D eigenvalue weighted by Crippen LogP contribution is -2.43. The minimum atomic E-state index is -4.06. The molecule has 0 radical (unpaired) electrons. The standard InChI is InChI=1S/C11H23F3O3Si/c1-4-9-17-18(15-2,16-3)10-7-5-6-8-11(12,13)14/h4-10H2,1-3H3. The zero-order valence-electron chi connectivity index (χ0n) is 11.3. The van der Waals surface area contributed by atoms with E-state index in [0.717, 1.165) is 6.42 Å². The molecule has 18 heavy (non-hydrogen) atoms. The molecule has 0 saturated heterocycles. The molecule has 0 heterocycles. The van der Waals surface area contributed by atoms with Crippen molar-refractivity contribution in [3.05, 3.63) is 0 Å². The molecule has 0 aromatic carbocycles. The van der Waals surface area contributed by atoms with Gasteiger partial charge in [-0.25, -0.2) is 0 Å². The molecule has 0 saturated carbocycles. The first kappa shape index (κ1) is 17.9. The molecule has 0 aliphatic carbocycles. The number of alkyl halides is 3. The van der Waals surface area contributed by atoms with Crippen LogP contribution in [0.5, 0.6) is 0 Å². The van der Waals surface area contributed by atoms with E-state index in [2.05, 4.69) is 0 Å². The number of hydrogen-bond donors (Lipinski definition) is 0. The van der Waals surface area contributed by atoms with Crippen molar-refractivity contribution >= 4 is 8.80 Å². The molecule has 7 heteroatoms. The van der Waals surface area contributed by atoms with Crippen molar-refractivity contribution in [2.45, 2.75) is 51.2 Å². The second-order valence-corrected chi connectivity index (χ2v) is 7.09. The van der Waals surface area contributed by atoms with Crippen LogP contribution in [0.4, 0.5) is 13.2 Å².